The first kappa shape index (κ1) is 28.8. The van der Waals surface area contributed by atoms with Crippen molar-refractivity contribution in [3.8, 4) is 56.2 Å². The first-order valence-electron chi connectivity index (χ1n) is 16.8. The van der Waals surface area contributed by atoms with E-state index in [9.17, 15) is 0 Å². The molecular formula is C47H32N2. The molecule has 1 aliphatic carbocycles. The number of hydrogen-bond donors (Lipinski definition) is 0. The van der Waals surface area contributed by atoms with Crippen LogP contribution in [0.1, 0.15) is 22.3 Å². The van der Waals surface area contributed by atoms with Gasteiger partial charge in [0.05, 0.1) is 16.8 Å². The molecule has 0 bridgehead atoms. The Bertz CT molecular complexity index is 2360. The van der Waals surface area contributed by atoms with Crippen LogP contribution < -0.4 is 0 Å². The van der Waals surface area contributed by atoms with Crippen LogP contribution >= 0.6 is 0 Å². The molecular weight excluding hydrogens is 593 g/mol. The van der Waals surface area contributed by atoms with E-state index < -0.39 is 5.41 Å². The number of fused-ring (bicyclic) bond motifs is 3. The summed E-state index contributed by atoms with van der Waals surface area (Å²) in [7, 11) is 0. The molecule has 0 saturated carbocycles. The molecule has 0 saturated heterocycles. The van der Waals surface area contributed by atoms with Gasteiger partial charge < -0.3 is 0 Å². The fraction of sp³-hybridized carbons (Fsp3) is 0.0213. The quantitative estimate of drug-likeness (QED) is 0.184. The van der Waals surface area contributed by atoms with Gasteiger partial charge >= 0.3 is 0 Å². The van der Waals surface area contributed by atoms with Crippen LogP contribution in [0.25, 0.3) is 56.2 Å². The number of benzene rings is 7. The Balaban J connectivity index is 1.29. The molecule has 1 aliphatic rings. The molecule has 1 heterocycles. The summed E-state index contributed by atoms with van der Waals surface area (Å²) < 4.78 is 0. The fourth-order valence-electron chi connectivity index (χ4n) is 7.62. The minimum Gasteiger partial charge on any atom is -0.228 e. The SMILES string of the molecule is c1ccc(-c2ccc(-c3cc(-c4ccccc4)nc(-c4cccc5c4-c4ccccc4C5(c4ccccc4)c4ccccc4)n3)cc2)cc1. The van der Waals surface area contributed by atoms with Gasteiger partial charge in [0, 0.05) is 16.7 Å². The predicted octanol–water partition coefficient (Wildman–Crippen LogP) is 11.5. The maximum absolute atomic E-state index is 5.33. The summed E-state index contributed by atoms with van der Waals surface area (Å²) in [6.07, 6.45) is 0. The van der Waals surface area contributed by atoms with Crippen molar-refractivity contribution in [2.75, 3.05) is 0 Å². The van der Waals surface area contributed by atoms with Gasteiger partial charge in [0.25, 0.3) is 0 Å². The lowest BCUT2D eigenvalue weighted by molar-refractivity contribution is 0.768. The van der Waals surface area contributed by atoms with Gasteiger partial charge in [-0.25, -0.2) is 9.97 Å². The molecule has 0 N–H and O–H groups in total. The standard InChI is InChI=1S/C47H32N2/c1-5-16-33(17-6-1)34-28-30-36(31-29-34)44-32-43(35-18-7-2-8-19-35)48-46(49-44)40-25-15-27-42-45(40)39-24-13-14-26-41(39)47(42,37-20-9-3-10-21-37)38-22-11-4-12-23-38/h1-32H. The van der Waals surface area contributed by atoms with Gasteiger partial charge in [-0.15, -0.1) is 0 Å². The Labute approximate surface area is 287 Å². The Morgan fingerprint density at radius 1 is 0.327 bits per heavy atom. The first-order chi connectivity index (χ1) is 24.3. The molecule has 0 amide bonds. The van der Waals surface area contributed by atoms with E-state index in [-0.39, 0.29) is 0 Å². The highest BCUT2D eigenvalue weighted by Crippen LogP contribution is 2.58. The molecule has 0 atom stereocenters. The van der Waals surface area contributed by atoms with E-state index >= 15 is 0 Å². The minimum atomic E-state index is -0.488. The third-order valence-electron chi connectivity index (χ3n) is 9.81. The highest BCUT2D eigenvalue weighted by Gasteiger charge is 2.46. The van der Waals surface area contributed by atoms with Crippen molar-refractivity contribution in [2.45, 2.75) is 5.41 Å². The van der Waals surface area contributed by atoms with Gasteiger partial charge in [-0.1, -0.05) is 188 Å². The zero-order chi connectivity index (χ0) is 32.6. The van der Waals surface area contributed by atoms with Crippen LogP contribution in [0.3, 0.4) is 0 Å². The van der Waals surface area contributed by atoms with Crippen molar-refractivity contribution >= 4 is 0 Å². The number of rotatable bonds is 6. The predicted molar refractivity (Wildman–Crippen MR) is 201 cm³/mol. The molecule has 230 valence electrons. The van der Waals surface area contributed by atoms with Crippen molar-refractivity contribution < 1.29 is 0 Å². The van der Waals surface area contributed by atoms with Crippen molar-refractivity contribution in [3.05, 3.63) is 216 Å². The van der Waals surface area contributed by atoms with Gasteiger partial charge in [-0.2, -0.15) is 0 Å². The van der Waals surface area contributed by atoms with Gasteiger partial charge in [-0.3, -0.25) is 0 Å². The lowest BCUT2D eigenvalue weighted by atomic mass is 9.67. The summed E-state index contributed by atoms with van der Waals surface area (Å²) in [5.41, 5.74) is 14.2. The lowest BCUT2D eigenvalue weighted by Gasteiger charge is -2.33. The third kappa shape index (κ3) is 4.80. The minimum absolute atomic E-state index is 0.488. The summed E-state index contributed by atoms with van der Waals surface area (Å²) in [6.45, 7) is 0. The van der Waals surface area contributed by atoms with Crippen LogP contribution in [-0.4, -0.2) is 9.97 Å². The summed E-state index contributed by atoms with van der Waals surface area (Å²) in [4.78, 5) is 10.6. The molecule has 8 aromatic rings. The van der Waals surface area contributed by atoms with Crippen molar-refractivity contribution in [2.24, 2.45) is 0 Å². The van der Waals surface area contributed by atoms with E-state index in [1.54, 1.807) is 0 Å². The number of hydrogen-bond acceptors (Lipinski definition) is 2. The highest BCUT2D eigenvalue weighted by molar-refractivity contribution is 5.94. The zero-order valence-electron chi connectivity index (χ0n) is 26.9. The van der Waals surface area contributed by atoms with Crippen LogP contribution in [0.4, 0.5) is 0 Å². The fourth-order valence-corrected chi connectivity index (χ4v) is 7.62. The average molecular weight is 625 g/mol. The van der Waals surface area contributed by atoms with E-state index in [1.165, 1.54) is 44.5 Å². The van der Waals surface area contributed by atoms with Gasteiger partial charge in [0.15, 0.2) is 5.82 Å². The highest BCUT2D eigenvalue weighted by atomic mass is 14.9. The summed E-state index contributed by atoms with van der Waals surface area (Å²) in [6, 6.07) is 69.0. The zero-order valence-corrected chi connectivity index (χ0v) is 26.9. The van der Waals surface area contributed by atoms with Crippen LogP contribution in [0.15, 0.2) is 194 Å². The van der Waals surface area contributed by atoms with Crippen molar-refractivity contribution in [3.63, 3.8) is 0 Å². The van der Waals surface area contributed by atoms with E-state index in [0.29, 0.717) is 5.82 Å². The monoisotopic (exact) mass is 624 g/mol. The van der Waals surface area contributed by atoms with Crippen LogP contribution in [0.5, 0.6) is 0 Å². The molecule has 49 heavy (non-hydrogen) atoms. The summed E-state index contributed by atoms with van der Waals surface area (Å²) in [5.74, 6) is 0.715. The first-order valence-corrected chi connectivity index (χ1v) is 16.8. The normalized spacial score (nSPS) is 12.7. The van der Waals surface area contributed by atoms with Crippen LogP contribution in [0, 0.1) is 0 Å². The van der Waals surface area contributed by atoms with Crippen molar-refractivity contribution in [1.29, 1.82) is 0 Å². The van der Waals surface area contributed by atoms with E-state index in [2.05, 4.69) is 182 Å². The van der Waals surface area contributed by atoms with Crippen molar-refractivity contribution in [1.82, 2.24) is 9.97 Å². The molecule has 0 unspecified atom stereocenters. The number of aromatic nitrogens is 2. The van der Waals surface area contributed by atoms with Gasteiger partial charge in [-0.05, 0) is 50.6 Å². The largest absolute Gasteiger partial charge is 0.228 e. The Kier molecular flexibility index (Phi) is 7.06. The van der Waals surface area contributed by atoms with Crippen LogP contribution in [0.2, 0.25) is 0 Å². The average Bonchev–Trinajstić information content (AvgIpc) is 3.50. The third-order valence-corrected chi connectivity index (χ3v) is 9.81. The second-order valence-corrected chi connectivity index (χ2v) is 12.5. The Morgan fingerprint density at radius 2 is 0.755 bits per heavy atom. The maximum Gasteiger partial charge on any atom is 0.161 e. The Morgan fingerprint density at radius 3 is 1.37 bits per heavy atom. The number of nitrogens with zero attached hydrogens (tertiary/aromatic N) is 2. The van der Waals surface area contributed by atoms with E-state index in [0.717, 1.165) is 28.1 Å². The maximum atomic E-state index is 5.33. The molecule has 0 aliphatic heterocycles. The Hall–Kier alpha value is -6.38. The van der Waals surface area contributed by atoms with Gasteiger partial charge in [0.2, 0.25) is 0 Å². The molecule has 2 nitrogen and oxygen atoms in total. The molecule has 7 aromatic carbocycles. The molecule has 2 heteroatoms. The second-order valence-electron chi connectivity index (χ2n) is 12.5. The topological polar surface area (TPSA) is 25.8 Å². The van der Waals surface area contributed by atoms with E-state index in [4.69, 9.17) is 9.97 Å². The van der Waals surface area contributed by atoms with E-state index in [1.807, 2.05) is 12.1 Å². The van der Waals surface area contributed by atoms with Gasteiger partial charge in [0.1, 0.15) is 0 Å². The lowest BCUT2D eigenvalue weighted by Crippen LogP contribution is -2.28. The summed E-state index contributed by atoms with van der Waals surface area (Å²) >= 11 is 0. The summed E-state index contributed by atoms with van der Waals surface area (Å²) in [5, 5.41) is 0. The molecule has 0 fully saturated rings. The second kappa shape index (κ2) is 12.0. The molecule has 0 radical (unpaired) electrons. The van der Waals surface area contributed by atoms with Crippen LogP contribution in [-0.2, 0) is 5.41 Å². The molecule has 0 spiro atoms. The molecule has 1 aromatic heterocycles. The molecule has 9 rings (SSSR count). The smallest absolute Gasteiger partial charge is 0.161 e.